The van der Waals surface area contributed by atoms with E-state index in [2.05, 4.69) is 10.3 Å². The molecule has 140 valence electrons. The van der Waals surface area contributed by atoms with Gasteiger partial charge in [-0.25, -0.2) is 0 Å². The maximum absolute atomic E-state index is 12.7. The third-order valence-electron chi connectivity index (χ3n) is 4.56. The van der Waals surface area contributed by atoms with E-state index in [-0.39, 0.29) is 24.7 Å². The number of amides is 2. The molecule has 0 radical (unpaired) electrons. The summed E-state index contributed by atoms with van der Waals surface area (Å²) in [6, 6.07) is 13.8. The Morgan fingerprint density at radius 1 is 1.19 bits per heavy atom. The average Bonchev–Trinajstić information content (AvgIpc) is 3.03. The van der Waals surface area contributed by atoms with Crippen molar-refractivity contribution in [1.29, 1.82) is 0 Å². The monoisotopic (exact) mass is 367 g/mol. The van der Waals surface area contributed by atoms with E-state index < -0.39 is 17.9 Å². The number of carboxylic acid groups (broad SMARTS) is 1. The van der Waals surface area contributed by atoms with Gasteiger partial charge in [0.25, 0.3) is 0 Å². The van der Waals surface area contributed by atoms with E-state index in [9.17, 15) is 14.4 Å². The molecule has 3 rings (SSSR count). The van der Waals surface area contributed by atoms with E-state index in [1.807, 2.05) is 18.2 Å². The van der Waals surface area contributed by atoms with E-state index >= 15 is 0 Å². The molecule has 0 bridgehead atoms. The topological polar surface area (TPSA) is 99.6 Å². The number of hydrogen-bond donors (Lipinski definition) is 2. The van der Waals surface area contributed by atoms with Crippen molar-refractivity contribution >= 4 is 17.8 Å². The van der Waals surface area contributed by atoms with Gasteiger partial charge in [0.1, 0.15) is 0 Å². The first-order chi connectivity index (χ1) is 13.0. The molecular formula is C20H21N3O4. The van der Waals surface area contributed by atoms with Gasteiger partial charge in [-0.05, 0) is 17.7 Å². The van der Waals surface area contributed by atoms with Gasteiger partial charge in [-0.2, -0.15) is 0 Å². The number of likely N-dealkylation sites (tertiary alicyclic amines) is 1. The van der Waals surface area contributed by atoms with E-state index in [1.54, 1.807) is 41.4 Å². The highest BCUT2D eigenvalue weighted by Gasteiger charge is 2.35. The summed E-state index contributed by atoms with van der Waals surface area (Å²) < 4.78 is 0. The average molecular weight is 367 g/mol. The standard InChI is InChI=1S/C20H21N3O4/c24-18-10-15(12-23(18)13-16-8-4-5-9-21-16)20(27)22-17(11-19(25)26)14-6-2-1-3-7-14/h1-9,15,17H,10-13H2,(H,22,27)(H,25,26)/t15-,17+/m1/s1. The van der Waals surface area contributed by atoms with E-state index in [0.717, 1.165) is 11.3 Å². The van der Waals surface area contributed by atoms with Gasteiger partial charge in [0.2, 0.25) is 11.8 Å². The molecule has 7 heteroatoms. The van der Waals surface area contributed by atoms with Crippen molar-refractivity contribution < 1.29 is 19.5 Å². The number of aliphatic carboxylic acids is 1. The molecule has 1 aromatic carbocycles. The van der Waals surface area contributed by atoms with Crippen LogP contribution in [-0.4, -0.2) is 39.3 Å². The number of nitrogens with zero attached hydrogens (tertiary/aromatic N) is 2. The van der Waals surface area contributed by atoms with Crippen LogP contribution in [0.2, 0.25) is 0 Å². The minimum Gasteiger partial charge on any atom is -0.481 e. The number of aromatic nitrogens is 1. The van der Waals surface area contributed by atoms with Gasteiger partial charge in [-0.3, -0.25) is 19.4 Å². The van der Waals surface area contributed by atoms with Crippen LogP contribution in [0.25, 0.3) is 0 Å². The molecule has 2 amide bonds. The Labute approximate surface area is 157 Å². The first-order valence-corrected chi connectivity index (χ1v) is 8.77. The fraction of sp³-hybridized carbons (Fsp3) is 0.300. The zero-order chi connectivity index (χ0) is 19.2. The van der Waals surface area contributed by atoms with Crippen LogP contribution in [0.4, 0.5) is 0 Å². The number of hydrogen-bond acceptors (Lipinski definition) is 4. The minimum atomic E-state index is -0.997. The number of carboxylic acids is 1. The number of benzene rings is 1. The largest absolute Gasteiger partial charge is 0.481 e. The summed E-state index contributed by atoms with van der Waals surface area (Å²) in [5.74, 6) is -1.90. The van der Waals surface area contributed by atoms with Crippen molar-refractivity contribution in [2.45, 2.75) is 25.4 Å². The quantitative estimate of drug-likeness (QED) is 0.777. The van der Waals surface area contributed by atoms with Crippen LogP contribution in [-0.2, 0) is 20.9 Å². The molecule has 2 N–H and O–H groups in total. The second-order valence-corrected chi connectivity index (χ2v) is 6.57. The fourth-order valence-electron chi connectivity index (χ4n) is 3.19. The lowest BCUT2D eigenvalue weighted by molar-refractivity contribution is -0.138. The van der Waals surface area contributed by atoms with Gasteiger partial charge in [0.05, 0.1) is 30.6 Å². The first-order valence-electron chi connectivity index (χ1n) is 8.77. The number of carbonyl (C=O) groups is 3. The predicted molar refractivity (Wildman–Crippen MR) is 97.3 cm³/mol. The summed E-state index contributed by atoms with van der Waals surface area (Å²) in [5.41, 5.74) is 1.49. The Morgan fingerprint density at radius 2 is 1.93 bits per heavy atom. The summed E-state index contributed by atoms with van der Waals surface area (Å²) in [4.78, 5) is 41.9. The molecule has 27 heavy (non-hydrogen) atoms. The van der Waals surface area contributed by atoms with Crippen molar-refractivity contribution in [2.24, 2.45) is 5.92 Å². The normalized spacial score (nSPS) is 17.6. The molecule has 0 saturated carbocycles. The molecule has 0 unspecified atom stereocenters. The smallest absolute Gasteiger partial charge is 0.305 e. The summed E-state index contributed by atoms with van der Waals surface area (Å²) in [7, 11) is 0. The van der Waals surface area contributed by atoms with Crippen LogP contribution >= 0.6 is 0 Å². The van der Waals surface area contributed by atoms with E-state index in [4.69, 9.17) is 5.11 Å². The van der Waals surface area contributed by atoms with Gasteiger partial charge >= 0.3 is 5.97 Å². The van der Waals surface area contributed by atoms with Gasteiger partial charge in [-0.1, -0.05) is 36.4 Å². The Kier molecular flexibility index (Phi) is 5.80. The molecule has 2 atom stereocenters. The SMILES string of the molecule is O=C(O)C[C@H](NC(=O)[C@@H]1CC(=O)N(Cc2ccccn2)C1)c1ccccc1. The number of pyridine rings is 1. The maximum atomic E-state index is 12.7. The second kappa shape index (κ2) is 8.44. The molecule has 2 aromatic rings. The lowest BCUT2D eigenvalue weighted by Crippen LogP contribution is -2.36. The fourth-order valence-corrected chi connectivity index (χ4v) is 3.19. The Hall–Kier alpha value is -3.22. The zero-order valence-electron chi connectivity index (χ0n) is 14.7. The van der Waals surface area contributed by atoms with Crippen LogP contribution in [0.3, 0.4) is 0 Å². The van der Waals surface area contributed by atoms with Crippen molar-refractivity contribution in [1.82, 2.24) is 15.2 Å². The van der Waals surface area contributed by atoms with Crippen molar-refractivity contribution in [2.75, 3.05) is 6.54 Å². The zero-order valence-corrected chi connectivity index (χ0v) is 14.7. The first kappa shape index (κ1) is 18.6. The molecule has 0 aliphatic carbocycles. The molecule has 1 aromatic heterocycles. The summed E-state index contributed by atoms with van der Waals surface area (Å²) in [5, 5.41) is 11.9. The second-order valence-electron chi connectivity index (χ2n) is 6.57. The molecular weight excluding hydrogens is 346 g/mol. The minimum absolute atomic E-state index is 0.102. The van der Waals surface area contributed by atoms with E-state index in [0.29, 0.717) is 13.1 Å². The van der Waals surface area contributed by atoms with Crippen LogP contribution in [0, 0.1) is 5.92 Å². The number of nitrogens with one attached hydrogen (secondary N) is 1. The lowest BCUT2D eigenvalue weighted by atomic mass is 10.0. The van der Waals surface area contributed by atoms with Crippen LogP contribution in [0.1, 0.15) is 30.1 Å². The predicted octanol–water partition coefficient (Wildman–Crippen LogP) is 1.76. The third-order valence-corrected chi connectivity index (χ3v) is 4.56. The summed E-state index contributed by atoms with van der Waals surface area (Å²) in [6.07, 6.45) is 1.57. The van der Waals surface area contributed by atoms with Crippen molar-refractivity contribution in [3.8, 4) is 0 Å². The lowest BCUT2D eigenvalue weighted by Gasteiger charge is -2.20. The van der Waals surface area contributed by atoms with Gasteiger partial charge in [0, 0.05) is 19.2 Å². The van der Waals surface area contributed by atoms with Crippen LogP contribution in [0.15, 0.2) is 54.7 Å². The Bertz CT molecular complexity index is 810. The Morgan fingerprint density at radius 3 is 2.59 bits per heavy atom. The van der Waals surface area contributed by atoms with Crippen molar-refractivity contribution in [3.05, 3.63) is 66.0 Å². The van der Waals surface area contributed by atoms with Gasteiger partial charge in [-0.15, -0.1) is 0 Å². The Balaban J connectivity index is 1.64. The van der Waals surface area contributed by atoms with Crippen LogP contribution in [0.5, 0.6) is 0 Å². The molecule has 1 fully saturated rings. The molecule has 1 aliphatic heterocycles. The molecule has 1 aliphatic rings. The van der Waals surface area contributed by atoms with Gasteiger partial charge in [0.15, 0.2) is 0 Å². The summed E-state index contributed by atoms with van der Waals surface area (Å²) in [6.45, 7) is 0.663. The highest BCUT2D eigenvalue weighted by atomic mass is 16.4. The molecule has 2 heterocycles. The van der Waals surface area contributed by atoms with Crippen molar-refractivity contribution in [3.63, 3.8) is 0 Å². The van der Waals surface area contributed by atoms with Crippen LogP contribution < -0.4 is 5.32 Å². The highest BCUT2D eigenvalue weighted by molar-refractivity contribution is 5.89. The third kappa shape index (κ3) is 4.91. The number of rotatable bonds is 7. The summed E-state index contributed by atoms with van der Waals surface area (Å²) >= 11 is 0. The maximum Gasteiger partial charge on any atom is 0.305 e. The van der Waals surface area contributed by atoms with E-state index in [1.165, 1.54) is 0 Å². The van der Waals surface area contributed by atoms with Gasteiger partial charge < -0.3 is 15.3 Å². The molecule has 0 spiro atoms. The number of carbonyl (C=O) groups excluding carboxylic acids is 2. The highest BCUT2D eigenvalue weighted by Crippen LogP contribution is 2.23. The molecule has 1 saturated heterocycles. The molecule has 7 nitrogen and oxygen atoms in total.